The van der Waals surface area contributed by atoms with E-state index in [4.69, 9.17) is 9.84 Å². The Morgan fingerprint density at radius 1 is 0.857 bits per heavy atom. The fraction of sp³-hybridized carbons (Fsp3) is 0.250. The molecule has 0 fully saturated rings. The molecule has 112 valence electrons. The number of aliphatic hydroxyl groups excluding tert-OH is 1. The van der Waals surface area contributed by atoms with Gasteiger partial charge in [0.15, 0.2) is 0 Å². The van der Waals surface area contributed by atoms with Crippen molar-refractivity contribution in [3.63, 3.8) is 0 Å². The van der Waals surface area contributed by atoms with E-state index in [1.807, 2.05) is 0 Å². The Bertz CT molecular complexity index is 560. The summed E-state index contributed by atoms with van der Waals surface area (Å²) in [6.07, 6.45) is -3.76. The highest BCUT2D eigenvalue weighted by Crippen LogP contribution is 2.31. The smallest absolute Gasteiger partial charge is 0.416 e. The normalized spacial score (nSPS) is 11.4. The summed E-state index contributed by atoms with van der Waals surface area (Å²) < 4.78 is 42.9. The summed E-state index contributed by atoms with van der Waals surface area (Å²) in [7, 11) is 0. The minimum Gasteiger partial charge on any atom is -0.494 e. The lowest BCUT2D eigenvalue weighted by atomic mass is 10.0. The van der Waals surface area contributed by atoms with Gasteiger partial charge in [0, 0.05) is 13.0 Å². The van der Waals surface area contributed by atoms with Crippen LogP contribution in [0.4, 0.5) is 13.2 Å². The Morgan fingerprint density at radius 3 is 1.86 bits per heavy atom. The number of hydrogen-bond acceptors (Lipinski definition) is 2. The number of halogens is 3. The lowest BCUT2D eigenvalue weighted by Gasteiger charge is -2.09. The van der Waals surface area contributed by atoms with E-state index in [1.54, 1.807) is 24.3 Å². The van der Waals surface area contributed by atoms with E-state index in [2.05, 4.69) is 0 Å². The third-order valence-corrected chi connectivity index (χ3v) is 2.97. The lowest BCUT2D eigenvalue weighted by molar-refractivity contribution is -0.137. The zero-order valence-corrected chi connectivity index (χ0v) is 11.2. The molecule has 5 heteroatoms. The van der Waals surface area contributed by atoms with Gasteiger partial charge in [-0.25, -0.2) is 0 Å². The molecule has 2 aromatic carbocycles. The van der Waals surface area contributed by atoms with Crippen LogP contribution >= 0.6 is 0 Å². The van der Waals surface area contributed by atoms with Crippen molar-refractivity contribution >= 4 is 0 Å². The van der Waals surface area contributed by atoms with Crippen LogP contribution in [0, 0.1) is 0 Å². The van der Waals surface area contributed by atoms with Gasteiger partial charge < -0.3 is 9.84 Å². The van der Waals surface area contributed by atoms with Crippen LogP contribution in [0.3, 0.4) is 0 Å². The van der Waals surface area contributed by atoms with Crippen molar-refractivity contribution in [1.82, 2.24) is 0 Å². The maximum atomic E-state index is 12.5. The molecule has 2 aromatic rings. The largest absolute Gasteiger partial charge is 0.494 e. The zero-order chi connectivity index (χ0) is 15.3. The summed E-state index contributed by atoms with van der Waals surface area (Å²) in [5.74, 6) is 0.666. The standard InChI is InChI=1S/C16H15F3O2/c17-16(18,19)14-6-2-12(3-7-14)13-4-8-15(9-5-13)21-11-1-10-20/h2-9,20H,1,10-11H2. The zero-order valence-electron chi connectivity index (χ0n) is 11.2. The van der Waals surface area contributed by atoms with Crippen molar-refractivity contribution in [1.29, 1.82) is 0 Å². The second-order valence-electron chi connectivity index (χ2n) is 4.53. The van der Waals surface area contributed by atoms with Crippen molar-refractivity contribution in [3.8, 4) is 16.9 Å². The van der Waals surface area contributed by atoms with E-state index in [1.165, 1.54) is 12.1 Å². The molecule has 1 N–H and O–H groups in total. The Balaban J connectivity index is 2.08. The second-order valence-corrected chi connectivity index (χ2v) is 4.53. The third-order valence-electron chi connectivity index (χ3n) is 2.97. The van der Waals surface area contributed by atoms with Crippen LogP contribution in [-0.2, 0) is 6.18 Å². The highest BCUT2D eigenvalue weighted by Gasteiger charge is 2.29. The van der Waals surface area contributed by atoms with Gasteiger partial charge in [-0.1, -0.05) is 24.3 Å². The van der Waals surface area contributed by atoms with Gasteiger partial charge in [-0.05, 0) is 35.4 Å². The van der Waals surface area contributed by atoms with Gasteiger partial charge in [0.1, 0.15) is 5.75 Å². The fourth-order valence-electron chi connectivity index (χ4n) is 1.85. The first kappa shape index (κ1) is 15.4. The van der Waals surface area contributed by atoms with Crippen molar-refractivity contribution in [3.05, 3.63) is 54.1 Å². The van der Waals surface area contributed by atoms with Gasteiger partial charge >= 0.3 is 6.18 Å². The van der Waals surface area contributed by atoms with E-state index >= 15 is 0 Å². The SMILES string of the molecule is OCCCOc1ccc(-c2ccc(C(F)(F)F)cc2)cc1. The maximum absolute atomic E-state index is 12.5. The number of ether oxygens (including phenoxy) is 1. The quantitative estimate of drug-likeness (QED) is 0.841. The molecule has 0 aliphatic heterocycles. The summed E-state index contributed by atoms with van der Waals surface area (Å²) in [4.78, 5) is 0. The van der Waals surface area contributed by atoms with Crippen LogP contribution in [0.25, 0.3) is 11.1 Å². The Morgan fingerprint density at radius 2 is 1.38 bits per heavy atom. The van der Waals surface area contributed by atoms with E-state index in [9.17, 15) is 13.2 Å². The van der Waals surface area contributed by atoms with Gasteiger partial charge in [-0.15, -0.1) is 0 Å². The minimum absolute atomic E-state index is 0.0731. The maximum Gasteiger partial charge on any atom is 0.416 e. The molecule has 0 aliphatic carbocycles. The van der Waals surface area contributed by atoms with E-state index < -0.39 is 11.7 Å². The Labute approximate surface area is 120 Å². The molecule has 2 rings (SSSR count). The van der Waals surface area contributed by atoms with Crippen LogP contribution in [-0.4, -0.2) is 18.3 Å². The van der Waals surface area contributed by atoms with Crippen molar-refractivity contribution < 1.29 is 23.0 Å². The first-order chi connectivity index (χ1) is 10.0. The van der Waals surface area contributed by atoms with Gasteiger partial charge in [-0.3, -0.25) is 0 Å². The molecule has 0 radical (unpaired) electrons. The lowest BCUT2D eigenvalue weighted by Crippen LogP contribution is -2.03. The average molecular weight is 296 g/mol. The highest BCUT2D eigenvalue weighted by molar-refractivity contribution is 5.64. The number of aliphatic hydroxyl groups is 1. The summed E-state index contributed by atoms with van der Waals surface area (Å²) >= 11 is 0. The molecule has 0 spiro atoms. The first-order valence-corrected chi connectivity index (χ1v) is 6.52. The van der Waals surface area contributed by atoms with E-state index in [0.29, 0.717) is 24.3 Å². The number of benzene rings is 2. The van der Waals surface area contributed by atoms with Gasteiger partial charge in [0.05, 0.1) is 12.2 Å². The number of hydrogen-bond donors (Lipinski definition) is 1. The van der Waals surface area contributed by atoms with E-state index in [-0.39, 0.29) is 6.61 Å². The van der Waals surface area contributed by atoms with E-state index in [0.717, 1.165) is 17.7 Å². The highest BCUT2D eigenvalue weighted by atomic mass is 19.4. The topological polar surface area (TPSA) is 29.5 Å². The molecular formula is C16H15F3O2. The molecule has 21 heavy (non-hydrogen) atoms. The van der Waals surface area contributed by atoms with Crippen LogP contribution in [0.5, 0.6) is 5.75 Å². The Hall–Kier alpha value is -2.01. The van der Waals surface area contributed by atoms with Gasteiger partial charge in [0.2, 0.25) is 0 Å². The predicted octanol–water partition coefficient (Wildman–Crippen LogP) is 4.13. The molecule has 0 aliphatic rings. The summed E-state index contributed by atoms with van der Waals surface area (Å²) in [5, 5.41) is 8.66. The molecule has 0 bridgehead atoms. The van der Waals surface area contributed by atoms with Crippen LogP contribution < -0.4 is 4.74 Å². The van der Waals surface area contributed by atoms with Crippen molar-refractivity contribution in [2.24, 2.45) is 0 Å². The molecule has 0 unspecified atom stereocenters. The number of rotatable bonds is 5. The Kier molecular flexibility index (Phi) is 4.85. The molecule has 0 saturated carbocycles. The van der Waals surface area contributed by atoms with Crippen LogP contribution in [0.15, 0.2) is 48.5 Å². The number of alkyl halides is 3. The predicted molar refractivity (Wildman–Crippen MR) is 74.1 cm³/mol. The first-order valence-electron chi connectivity index (χ1n) is 6.52. The molecule has 0 saturated heterocycles. The molecule has 0 atom stereocenters. The second kappa shape index (κ2) is 6.63. The molecule has 0 amide bonds. The van der Waals surface area contributed by atoms with Crippen molar-refractivity contribution in [2.75, 3.05) is 13.2 Å². The third kappa shape index (κ3) is 4.23. The monoisotopic (exact) mass is 296 g/mol. The van der Waals surface area contributed by atoms with Gasteiger partial charge in [-0.2, -0.15) is 13.2 Å². The summed E-state index contributed by atoms with van der Waals surface area (Å²) in [5.41, 5.74) is 0.873. The fourth-order valence-corrected chi connectivity index (χ4v) is 1.85. The minimum atomic E-state index is -4.32. The van der Waals surface area contributed by atoms with Gasteiger partial charge in [0.25, 0.3) is 0 Å². The molecular weight excluding hydrogens is 281 g/mol. The average Bonchev–Trinajstić information content (AvgIpc) is 2.48. The molecule has 0 aromatic heterocycles. The summed E-state index contributed by atoms with van der Waals surface area (Å²) in [6.45, 7) is 0.500. The van der Waals surface area contributed by atoms with Crippen molar-refractivity contribution in [2.45, 2.75) is 12.6 Å². The van der Waals surface area contributed by atoms with Crippen LogP contribution in [0.2, 0.25) is 0 Å². The molecule has 2 nitrogen and oxygen atoms in total. The van der Waals surface area contributed by atoms with Crippen LogP contribution in [0.1, 0.15) is 12.0 Å². The molecule has 0 heterocycles. The summed E-state index contributed by atoms with van der Waals surface area (Å²) in [6, 6.07) is 12.1.